The first-order valence-corrected chi connectivity index (χ1v) is 5.88. The number of hydrogen-bond donors (Lipinski definition) is 2. The number of aromatic nitrogens is 1. The number of nitrogens with zero attached hydrogens (tertiary/aromatic N) is 1. The smallest absolute Gasteiger partial charge is 0.270 e. The molecule has 0 radical (unpaired) electrons. The van der Waals surface area contributed by atoms with Crippen LogP contribution in [0.4, 0.5) is 5.69 Å². The van der Waals surface area contributed by atoms with E-state index in [9.17, 15) is 4.79 Å². The molecule has 2 rings (SSSR count). The van der Waals surface area contributed by atoms with Gasteiger partial charge in [-0.15, -0.1) is 0 Å². The average Bonchev–Trinajstić information content (AvgIpc) is 2.83. The van der Waals surface area contributed by atoms with Crippen LogP contribution < -0.4 is 10.6 Å². The molecule has 1 unspecified atom stereocenters. The van der Waals surface area contributed by atoms with Crippen molar-refractivity contribution in [2.24, 2.45) is 0 Å². The van der Waals surface area contributed by atoms with Crippen molar-refractivity contribution >= 4 is 11.6 Å². The lowest BCUT2D eigenvalue weighted by molar-refractivity contribution is 0.0925. The van der Waals surface area contributed by atoms with Crippen LogP contribution in [-0.4, -0.2) is 36.7 Å². The number of hydrogen-bond acceptors (Lipinski definition) is 4. The van der Waals surface area contributed by atoms with Gasteiger partial charge in [-0.3, -0.25) is 9.78 Å². The van der Waals surface area contributed by atoms with Gasteiger partial charge in [0.25, 0.3) is 5.91 Å². The van der Waals surface area contributed by atoms with E-state index in [1.807, 2.05) is 13.0 Å². The highest BCUT2D eigenvalue weighted by Gasteiger charge is 2.19. The molecule has 1 amide bonds. The van der Waals surface area contributed by atoms with Crippen LogP contribution in [0.3, 0.4) is 0 Å². The standard InChI is InChI=1S/C12H17N3O2/c1-2-13-9-3-5-14-11(7-9)12(16)15-10-4-6-17-8-10/h3,5,7,10H,2,4,6,8H2,1H3,(H,13,14)(H,15,16). The van der Waals surface area contributed by atoms with E-state index in [1.54, 1.807) is 12.3 Å². The Bertz CT molecular complexity index is 389. The van der Waals surface area contributed by atoms with Crippen molar-refractivity contribution in [3.05, 3.63) is 24.0 Å². The Morgan fingerprint density at radius 3 is 3.24 bits per heavy atom. The molecule has 1 atom stereocenters. The molecular formula is C12H17N3O2. The van der Waals surface area contributed by atoms with Crippen molar-refractivity contribution in [1.82, 2.24) is 10.3 Å². The van der Waals surface area contributed by atoms with Gasteiger partial charge in [-0.05, 0) is 25.5 Å². The molecule has 2 N–H and O–H groups in total. The monoisotopic (exact) mass is 235 g/mol. The van der Waals surface area contributed by atoms with Crippen molar-refractivity contribution in [2.75, 3.05) is 25.1 Å². The molecule has 2 heterocycles. The third-order valence-corrected chi connectivity index (χ3v) is 2.64. The van der Waals surface area contributed by atoms with Crippen LogP contribution in [-0.2, 0) is 4.74 Å². The van der Waals surface area contributed by atoms with Crippen LogP contribution in [0.25, 0.3) is 0 Å². The summed E-state index contributed by atoms with van der Waals surface area (Å²) in [4.78, 5) is 16.0. The van der Waals surface area contributed by atoms with E-state index in [2.05, 4.69) is 15.6 Å². The minimum atomic E-state index is -0.139. The second-order valence-electron chi connectivity index (χ2n) is 3.99. The third-order valence-electron chi connectivity index (χ3n) is 2.64. The molecule has 5 nitrogen and oxygen atoms in total. The highest BCUT2D eigenvalue weighted by atomic mass is 16.5. The van der Waals surface area contributed by atoms with Gasteiger partial charge in [-0.2, -0.15) is 0 Å². The molecule has 1 aliphatic heterocycles. The van der Waals surface area contributed by atoms with Gasteiger partial charge in [-0.1, -0.05) is 0 Å². The van der Waals surface area contributed by atoms with Crippen LogP contribution in [0.15, 0.2) is 18.3 Å². The fourth-order valence-electron chi connectivity index (χ4n) is 1.78. The van der Waals surface area contributed by atoms with Gasteiger partial charge in [0.2, 0.25) is 0 Å². The van der Waals surface area contributed by atoms with Crippen LogP contribution >= 0.6 is 0 Å². The molecule has 1 fully saturated rings. The predicted molar refractivity (Wildman–Crippen MR) is 65.1 cm³/mol. The molecule has 1 aromatic heterocycles. The Balaban J connectivity index is 1.99. The summed E-state index contributed by atoms with van der Waals surface area (Å²) in [6.45, 7) is 4.14. The molecule has 17 heavy (non-hydrogen) atoms. The number of carbonyl (C=O) groups excluding carboxylic acids is 1. The first kappa shape index (κ1) is 11.9. The SMILES string of the molecule is CCNc1ccnc(C(=O)NC2CCOC2)c1. The first-order valence-electron chi connectivity index (χ1n) is 5.88. The summed E-state index contributed by atoms with van der Waals surface area (Å²) >= 11 is 0. The van der Waals surface area contributed by atoms with E-state index in [0.29, 0.717) is 12.3 Å². The summed E-state index contributed by atoms with van der Waals surface area (Å²) in [6.07, 6.45) is 2.51. The van der Waals surface area contributed by atoms with Gasteiger partial charge < -0.3 is 15.4 Å². The average molecular weight is 235 g/mol. The van der Waals surface area contributed by atoms with E-state index in [-0.39, 0.29) is 11.9 Å². The van der Waals surface area contributed by atoms with Gasteiger partial charge in [-0.25, -0.2) is 0 Å². The molecule has 1 saturated heterocycles. The second-order valence-corrected chi connectivity index (χ2v) is 3.99. The number of amides is 1. The number of nitrogens with one attached hydrogen (secondary N) is 2. The lowest BCUT2D eigenvalue weighted by atomic mass is 10.2. The molecule has 1 aliphatic rings. The fraction of sp³-hybridized carbons (Fsp3) is 0.500. The number of rotatable bonds is 4. The molecule has 92 valence electrons. The lowest BCUT2D eigenvalue weighted by Crippen LogP contribution is -2.35. The fourth-order valence-corrected chi connectivity index (χ4v) is 1.78. The normalized spacial score (nSPS) is 19.0. The Kier molecular flexibility index (Phi) is 3.93. The predicted octanol–water partition coefficient (Wildman–Crippen LogP) is 1.03. The maximum Gasteiger partial charge on any atom is 0.270 e. The minimum absolute atomic E-state index is 0.118. The van der Waals surface area contributed by atoms with Gasteiger partial charge >= 0.3 is 0 Å². The molecule has 0 aliphatic carbocycles. The molecular weight excluding hydrogens is 218 g/mol. The Morgan fingerprint density at radius 2 is 2.53 bits per heavy atom. The second kappa shape index (κ2) is 5.63. The topological polar surface area (TPSA) is 63.2 Å². The summed E-state index contributed by atoms with van der Waals surface area (Å²) in [5, 5.41) is 6.06. The van der Waals surface area contributed by atoms with E-state index >= 15 is 0 Å². The van der Waals surface area contributed by atoms with Crippen LogP contribution in [0.5, 0.6) is 0 Å². The first-order chi connectivity index (χ1) is 8.29. The highest BCUT2D eigenvalue weighted by Crippen LogP contribution is 2.09. The maximum atomic E-state index is 11.9. The number of pyridine rings is 1. The highest BCUT2D eigenvalue weighted by molar-refractivity contribution is 5.93. The third kappa shape index (κ3) is 3.17. The van der Waals surface area contributed by atoms with Crippen molar-refractivity contribution in [2.45, 2.75) is 19.4 Å². The van der Waals surface area contributed by atoms with Gasteiger partial charge in [0.15, 0.2) is 0 Å². The van der Waals surface area contributed by atoms with Crippen molar-refractivity contribution in [1.29, 1.82) is 0 Å². The maximum absolute atomic E-state index is 11.9. The molecule has 0 bridgehead atoms. The Hall–Kier alpha value is -1.62. The Morgan fingerprint density at radius 1 is 1.65 bits per heavy atom. The molecule has 0 spiro atoms. The van der Waals surface area contributed by atoms with Crippen LogP contribution in [0, 0.1) is 0 Å². The summed E-state index contributed by atoms with van der Waals surface area (Å²) in [7, 11) is 0. The summed E-state index contributed by atoms with van der Waals surface area (Å²) in [6, 6.07) is 3.72. The Labute approximate surface area is 101 Å². The largest absolute Gasteiger partial charge is 0.385 e. The number of anilines is 1. The van der Waals surface area contributed by atoms with Crippen LogP contribution in [0.2, 0.25) is 0 Å². The zero-order valence-corrected chi connectivity index (χ0v) is 9.90. The van der Waals surface area contributed by atoms with Crippen molar-refractivity contribution < 1.29 is 9.53 Å². The van der Waals surface area contributed by atoms with Crippen molar-refractivity contribution in [3.8, 4) is 0 Å². The summed E-state index contributed by atoms with van der Waals surface area (Å²) < 4.78 is 5.21. The quantitative estimate of drug-likeness (QED) is 0.818. The van der Waals surface area contributed by atoms with E-state index in [0.717, 1.165) is 25.3 Å². The van der Waals surface area contributed by atoms with E-state index in [1.165, 1.54) is 0 Å². The summed E-state index contributed by atoms with van der Waals surface area (Å²) in [5.41, 5.74) is 1.35. The zero-order valence-electron chi connectivity index (χ0n) is 9.90. The lowest BCUT2D eigenvalue weighted by Gasteiger charge is -2.10. The van der Waals surface area contributed by atoms with E-state index in [4.69, 9.17) is 4.74 Å². The van der Waals surface area contributed by atoms with Gasteiger partial charge in [0.05, 0.1) is 12.6 Å². The van der Waals surface area contributed by atoms with Gasteiger partial charge in [0, 0.05) is 25.0 Å². The number of ether oxygens (including phenoxy) is 1. The minimum Gasteiger partial charge on any atom is -0.385 e. The van der Waals surface area contributed by atoms with Gasteiger partial charge in [0.1, 0.15) is 5.69 Å². The molecule has 5 heteroatoms. The molecule has 1 aromatic rings. The summed E-state index contributed by atoms with van der Waals surface area (Å²) in [5.74, 6) is -0.139. The molecule has 0 saturated carbocycles. The van der Waals surface area contributed by atoms with Crippen molar-refractivity contribution in [3.63, 3.8) is 0 Å². The van der Waals surface area contributed by atoms with E-state index < -0.39 is 0 Å². The molecule has 0 aromatic carbocycles. The van der Waals surface area contributed by atoms with Crippen LogP contribution in [0.1, 0.15) is 23.8 Å². The number of carbonyl (C=O) groups is 1. The zero-order chi connectivity index (χ0) is 12.1.